The highest BCUT2D eigenvalue weighted by Gasteiger charge is 2.32. The van der Waals surface area contributed by atoms with Gasteiger partial charge in [0.15, 0.2) is 0 Å². The van der Waals surface area contributed by atoms with E-state index in [1.807, 2.05) is 67.3 Å². The first kappa shape index (κ1) is 22.6. The number of rotatable bonds is 6. The molecular weight excluding hydrogens is 436 g/mol. The number of carbonyl (C=O) groups is 1. The topological polar surface area (TPSA) is 88.4 Å². The maximum atomic E-state index is 13.2. The van der Waals surface area contributed by atoms with Gasteiger partial charge in [0.25, 0.3) is 5.91 Å². The lowest BCUT2D eigenvalue weighted by molar-refractivity contribution is 0.0602. The standard InChI is InChI=1S/C28H28N6O/c1-18-5-8-22(28(35)34-16-23(17-34)21-9-6-20(15-29)7-10-21)13-24(18)27-31-19(2)25(32-27)14-26(30-3)33-11-4-12-33/h5-10,13-14,23H,3-4,11-12,16-17H2,1-2H3,(H,31,32)/b26-14+. The first-order valence-corrected chi connectivity index (χ1v) is 11.9. The lowest BCUT2D eigenvalue weighted by Gasteiger charge is -2.39. The molecule has 0 unspecified atom stereocenters. The average molecular weight is 465 g/mol. The molecule has 2 aliphatic heterocycles. The lowest BCUT2D eigenvalue weighted by atomic mass is 9.90. The third-order valence-corrected chi connectivity index (χ3v) is 6.95. The summed E-state index contributed by atoms with van der Waals surface area (Å²) in [6, 6.07) is 15.6. The van der Waals surface area contributed by atoms with Crippen molar-refractivity contribution in [3.8, 4) is 17.5 Å². The third-order valence-electron chi connectivity index (χ3n) is 6.95. The van der Waals surface area contributed by atoms with Crippen molar-refractivity contribution in [2.24, 2.45) is 4.99 Å². The highest BCUT2D eigenvalue weighted by molar-refractivity contribution is 5.96. The predicted molar refractivity (Wildman–Crippen MR) is 137 cm³/mol. The zero-order chi connectivity index (χ0) is 24.5. The summed E-state index contributed by atoms with van der Waals surface area (Å²) in [5.74, 6) is 1.91. The van der Waals surface area contributed by atoms with Crippen LogP contribution in [0.1, 0.15) is 50.8 Å². The van der Waals surface area contributed by atoms with E-state index in [0.717, 1.165) is 52.8 Å². The van der Waals surface area contributed by atoms with Crippen molar-refractivity contribution >= 4 is 18.7 Å². The van der Waals surface area contributed by atoms with Crippen molar-refractivity contribution in [1.29, 1.82) is 5.26 Å². The number of aryl methyl sites for hydroxylation is 2. The van der Waals surface area contributed by atoms with E-state index in [1.54, 1.807) is 0 Å². The quantitative estimate of drug-likeness (QED) is 0.544. The van der Waals surface area contributed by atoms with Crippen LogP contribution in [0, 0.1) is 25.2 Å². The SMILES string of the molecule is C=N/C(=C\c1nc(-c2cc(C(=O)N3CC(c4ccc(C#N)cc4)C3)ccc2C)[nH]c1C)N1CCC1. The molecule has 3 heterocycles. The van der Waals surface area contributed by atoms with Crippen LogP contribution in [-0.4, -0.2) is 58.6 Å². The van der Waals surface area contributed by atoms with E-state index in [2.05, 4.69) is 27.7 Å². The van der Waals surface area contributed by atoms with Crippen LogP contribution in [-0.2, 0) is 0 Å². The smallest absolute Gasteiger partial charge is 0.253 e. The Hall–Kier alpha value is -4.18. The highest BCUT2D eigenvalue weighted by Crippen LogP contribution is 2.30. The molecule has 35 heavy (non-hydrogen) atoms. The van der Waals surface area contributed by atoms with Crippen LogP contribution in [0.3, 0.4) is 0 Å². The molecule has 0 radical (unpaired) electrons. The van der Waals surface area contributed by atoms with Gasteiger partial charge < -0.3 is 14.8 Å². The van der Waals surface area contributed by atoms with Gasteiger partial charge in [-0.2, -0.15) is 5.26 Å². The fraction of sp³-hybridized carbons (Fsp3) is 0.286. The van der Waals surface area contributed by atoms with Crippen LogP contribution in [0.25, 0.3) is 17.5 Å². The van der Waals surface area contributed by atoms with Gasteiger partial charge in [-0.3, -0.25) is 4.79 Å². The summed E-state index contributed by atoms with van der Waals surface area (Å²) in [5, 5.41) is 8.98. The fourth-order valence-corrected chi connectivity index (χ4v) is 4.52. The first-order valence-electron chi connectivity index (χ1n) is 11.9. The molecule has 2 aliphatic rings. The first-order chi connectivity index (χ1) is 17.0. The van der Waals surface area contributed by atoms with Crippen LogP contribution < -0.4 is 0 Å². The highest BCUT2D eigenvalue weighted by atomic mass is 16.2. The molecule has 7 heteroatoms. The van der Waals surface area contributed by atoms with Crippen molar-refractivity contribution in [2.45, 2.75) is 26.2 Å². The van der Waals surface area contributed by atoms with Gasteiger partial charge in [0.1, 0.15) is 11.6 Å². The maximum absolute atomic E-state index is 13.2. The Morgan fingerprint density at radius 3 is 2.54 bits per heavy atom. The van der Waals surface area contributed by atoms with Crippen molar-refractivity contribution in [3.05, 3.63) is 81.9 Å². The number of likely N-dealkylation sites (tertiary alicyclic amines) is 2. The van der Waals surface area contributed by atoms with Crippen molar-refractivity contribution < 1.29 is 4.79 Å². The summed E-state index contributed by atoms with van der Waals surface area (Å²) in [5.41, 5.74) is 6.22. The molecule has 0 bridgehead atoms. The number of aromatic amines is 1. The molecule has 1 amide bonds. The van der Waals surface area contributed by atoms with Gasteiger partial charge in [0, 0.05) is 55.0 Å². The summed E-state index contributed by atoms with van der Waals surface area (Å²) in [6.45, 7) is 11.1. The van der Waals surface area contributed by atoms with Crippen LogP contribution in [0.15, 0.2) is 53.3 Å². The van der Waals surface area contributed by atoms with Gasteiger partial charge >= 0.3 is 0 Å². The lowest BCUT2D eigenvalue weighted by Crippen LogP contribution is -2.48. The van der Waals surface area contributed by atoms with E-state index in [1.165, 1.54) is 6.42 Å². The number of nitriles is 1. The molecular formula is C28H28N6O. The Morgan fingerprint density at radius 2 is 1.91 bits per heavy atom. The van der Waals surface area contributed by atoms with Crippen LogP contribution >= 0.6 is 0 Å². The summed E-state index contributed by atoms with van der Waals surface area (Å²) in [7, 11) is 0. The van der Waals surface area contributed by atoms with E-state index in [-0.39, 0.29) is 5.91 Å². The zero-order valence-corrected chi connectivity index (χ0v) is 20.1. The fourth-order valence-electron chi connectivity index (χ4n) is 4.52. The van der Waals surface area contributed by atoms with Gasteiger partial charge in [-0.1, -0.05) is 18.2 Å². The van der Waals surface area contributed by atoms with Gasteiger partial charge in [-0.15, -0.1) is 0 Å². The number of hydrogen-bond acceptors (Lipinski definition) is 5. The molecule has 2 saturated heterocycles. The van der Waals surface area contributed by atoms with Crippen LogP contribution in [0.4, 0.5) is 0 Å². The normalized spacial score (nSPS) is 15.9. The molecule has 7 nitrogen and oxygen atoms in total. The van der Waals surface area contributed by atoms with Crippen molar-refractivity contribution in [1.82, 2.24) is 19.8 Å². The van der Waals surface area contributed by atoms with Gasteiger partial charge in [0.05, 0.1) is 17.3 Å². The minimum absolute atomic E-state index is 0.0236. The number of nitrogens with one attached hydrogen (secondary N) is 1. The number of imidazole rings is 1. The second-order valence-corrected chi connectivity index (χ2v) is 9.27. The Labute approximate surface area is 205 Å². The molecule has 5 rings (SSSR count). The molecule has 0 saturated carbocycles. The van der Waals surface area contributed by atoms with Gasteiger partial charge in [-0.05, 0) is 62.4 Å². The van der Waals surface area contributed by atoms with Crippen molar-refractivity contribution in [3.63, 3.8) is 0 Å². The van der Waals surface area contributed by atoms with Gasteiger partial charge in [0.2, 0.25) is 0 Å². The Kier molecular flexibility index (Phi) is 5.96. The molecule has 1 N–H and O–H groups in total. The number of aromatic nitrogens is 2. The number of aliphatic imine (C=N–C) groups is 1. The molecule has 3 aromatic rings. The molecule has 176 valence electrons. The second kappa shape index (κ2) is 9.22. The van der Waals surface area contributed by atoms with E-state index < -0.39 is 0 Å². The predicted octanol–water partition coefficient (Wildman–Crippen LogP) is 4.51. The minimum atomic E-state index is 0.0236. The summed E-state index contributed by atoms with van der Waals surface area (Å²) >= 11 is 0. The van der Waals surface area contributed by atoms with E-state index >= 15 is 0 Å². The van der Waals surface area contributed by atoms with E-state index in [0.29, 0.717) is 30.1 Å². The largest absolute Gasteiger partial charge is 0.356 e. The third kappa shape index (κ3) is 4.35. The summed E-state index contributed by atoms with van der Waals surface area (Å²) in [4.78, 5) is 29.6. The van der Waals surface area contributed by atoms with Crippen LogP contribution in [0.2, 0.25) is 0 Å². The Balaban J connectivity index is 1.33. The van der Waals surface area contributed by atoms with Crippen molar-refractivity contribution in [2.75, 3.05) is 26.2 Å². The number of H-pyrrole nitrogens is 1. The summed E-state index contributed by atoms with van der Waals surface area (Å²) < 4.78 is 0. The summed E-state index contributed by atoms with van der Waals surface area (Å²) in [6.07, 6.45) is 3.14. The molecule has 0 atom stereocenters. The van der Waals surface area contributed by atoms with Crippen LogP contribution in [0.5, 0.6) is 0 Å². The number of carbonyl (C=O) groups excluding carboxylic acids is 1. The van der Waals surface area contributed by atoms with Gasteiger partial charge in [-0.25, -0.2) is 9.98 Å². The maximum Gasteiger partial charge on any atom is 0.253 e. The second-order valence-electron chi connectivity index (χ2n) is 9.27. The number of benzene rings is 2. The minimum Gasteiger partial charge on any atom is -0.356 e. The molecule has 2 fully saturated rings. The number of nitrogens with zero attached hydrogens (tertiary/aromatic N) is 5. The molecule has 0 spiro atoms. The van der Waals surface area contributed by atoms with E-state index in [9.17, 15) is 4.79 Å². The molecule has 2 aromatic carbocycles. The number of amides is 1. The zero-order valence-electron chi connectivity index (χ0n) is 20.1. The Morgan fingerprint density at radius 1 is 1.17 bits per heavy atom. The molecule has 1 aromatic heterocycles. The molecule has 0 aliphatic carbocycles. The monoisotopic (exact) mass is 464 g/mol. The average Bonchev–Trinajstić information content (AvgIpc) is 3.17. The number of hydrogen-bond donors (Lipinski definition) is 1. The Bertz CT molecular complexity index is 1350. The van der Waals surface area contributed by atoms with E-state index in [4.69, 9.17) is 10.2 Å².